The molecule has 3 rings (SSSR count). The van der Waals surface area contributed by atoms with Gasteiger partial charge < -0.3 is 14.6 Å². The summed E-state index contributed by atoms with van der Waals surface area (Å²) < 4.78 is 10.3. The number of carbonyl (C=O) groups excluding carboxylic acids is 1. The highest BCUT2D eigenvalue weighted by Crippen LogP contribution is 2.28. The quantitative estimate of drug-likeness (QED) is 0.487. The summed E-state index contributed by atoms with van der Waals surface area (Å²) in [6.45, 7) is 1.58. The minimum absolute atomic E-state index is 0.280. The van der Waals surface area contributed by atoms with Gasteiger partial charge in [0.1, 0.15) is 5.75 Å². The van der Waals surface area contributed by atoms with Gasteiger partial charge in [-0.05, 0) is 58.7 Å². The van der Waals surface area contributed by atoms with Crippen LogP contribution in [0.25, 0.3) is 16.8 Å². The molecular weight excluding hydrogens is 368 g/mol. The molecule has 0 aliphatic heterocycles. The van der Waals surface area contributed by atoms with Crippen LogP contribution in [0.4, 0.5) is 0 Å². The first-order valence-electron chi connectivity index (χ1n) is 9.11. The number of rotatable bonds is 6. The lowest BCUT2D eigenvalue weighted by atomic mass is 9.95. The second-order valence-electron chi connectivity index (χ2n) is 6.73. The number of carboxylic acid groups (broad SMARTS) is 1. The van der Waals surface area contributed by atoms with Gasteiger partial charge >= 0.3 is 11.9 Å². The van der Waals surface area contributed by atoms with Crippen molar-refractivity contribution in [1.82, 2.24) is 0 Å². The van der Waals surface area contributed by atoms with E-state index >= 15 is 0 Å². The molecule has 0 unspecified atom stereocenters. The summed E-state index contributed by atoms with van der Waals surface area (Å²) in [6, 6.07) is 17.2. The van der Waals surface area contributed by atoms with Crippen LogP contribution in [-0.4, -0.2) is 31.3 Å². The molecule has 3 aromatic rings. The highest BCUT2D eigenvalue weighted by Gasteiger charge is 2.12. The highest BCUT2D eigenvalue weighted by atomic mass is 16.5. The summed E-state index contributed by atoms with van der Waals surface area (Å²) in [5.74, 6) is -0.735. The summed E-state index contributed by atoms with van der Waals surface area (Å²) >= 11 is 0. The number of benzene rings is 3. The van der Waals surface area contributed by atoms with Crippen molar-refractivity contribution in [1.29, 1.82) is 0 Å². The number of hydrogen-bond donors (Lipinski definition) is 1. The lowest BCUT2D eigenvalue weighted by Crippen LogP contribution is -2.03. The molecule has 0 aliphatic rings. The number of carbonyl (C=O) groups is 2. The Balaban J connectivity index is 2.03. The fraction of sp³-hybridized carbons (Fsp3) is 0.167. The van der Waals surface area contributed by atoms with Gasteiger partial charge in [-0.25, -0.2) is 9.59 Å². The zero-order valence-corrected chi connectivity index (χ0v) is 16.6. The van der Waals surface area contributed by atoms with E-state index in [1.54, 1.807) is 32.2 Å². The summed E-state index contributed by atoms with van der Waals surface area (Å²) in [5, 5.41) is 11.2. The first kappa shape index (κ1) is 20.1. The van der Waals surface area contributed by atoms with Gasteiger partial charge in [0.05, 0.1) is 19.8 Å². The van der Waals surface area contributed by atoms with Gasteiger partial charge in [0.25, 0.3) is 0 Å². The average molecular weight is 390 g/mol. The highest BCUT2D eigenvalue weighted by molar-refractivity contribution is 5.94. The van der Waals surface area contributed by atoms with E-state index in [0.29, 0.717) is 17.7 Å². The Morgan fingerprint density at radius 3 is 2.48 bits per heavy atom. The summed E-state index contributed by atoms with van der Waals surface area (Å²) in [6.07, 6.45) is 2.26. The molecule has 0 atom stereocenters. The predicted octanol–water partition coefficient (Wildman–Crippen LogP) is 4.71. The van der Waals surface area contributed by atoms with Gasteiger partial charge in [0, 0.05) is 12.0 Å². The van der Waals surface area contributed by atoms with E-state index in [4.69, 9.17) is 14.6 Å². The molecule has 5 heteroatoms. The number of methoxy groups -OCH3 is 2. The molecule has 0 aliphatic carbocycles. The second-order valence-corrected chi connectivity index (χ2v) is 6.73. The van der Waals surface area contributed by atoms with E-state index < -0.39 is 11.9 Å². The number of fused-ring (bicyclic) bond motifs is 1. The van der Waals surface area contributed by atoms with E-state index in [2.05, 4.69) is 0 Å². The molecule has 1 N–H and O–H groups in total. The Hall–Kier alpha value is -3.60. The van der Waals surface area contributed by atoms with E-state index in [9.17, 15) is 9.59 Å². The maximum atomic E-state index is 11.8. The normalized spacial score (nSPS) is 11.3. The molecule has 0 heterocycles. The molecule has 0 fully saturated rings. The van der Waals surface area contributed by atoms with Crippen molar-refractivity contribution in [3.8, 4) is 5.75 Å². The zero-order valence-electron chi connectivity index (χ0n) is 16.6. The third kappa shape index (κ3) is 4.46. The van der Waals surface area contributed by atoms with Gasteiger partial charge in [0.15, 0.2) is 0 Å². The number of hydrogen-bond acceptors (Lipinski definition) is 4. The molecule has 148 valence electrons. The number of esters is 1. The van der Waals surface area contributed by atoms with Crippen LogP contribution in [0.15, 0.2) is 60.2 Å². The summed E-state index contributed by atoms with van der Waals surface area (Å²) in [7, 11) is 2.91. The van der Waals surface area contributed by atoms with Crippen molar-refractivity contribution >= 4 is 28.8 Å². The Labute approximate surface area is 169 Å². The van der Waals surface area contributed by atoms with E-state index in [1.165, 1.54) is 7.11 Å². The molecule has 29 heavy (non-hydrogen) atoms. The van der Waals surface area contributed by atoms with Crippen molar-refractivity contribution in [3.63, 3.8) is 0 Å². The Morgan fingerprint density at radius 1 is 1.00 bits per heavy atom. The molecule has 0 radical (unpaired) electrons. The van der Waals surface area contributed by atoms with E-state index in [0.717, 1.165) is 27.5 Å². The minimum atomic E-state index is -0.936. The van der Waals surface area contributed by atoms with Crippen molar-refractivity contribution in [2.75, 3.05) is 14.2 Å². The van der Waals surface area contributed by atoms with Crippen LogP contribution in [0.1, 0.15) is 34.0 Å². The van der Waals surface area contributed by atoms with Crippen molar-refractivity contribution < 1.29 is 24.2 Å². The lowest BCUT2D eigenvalue weighted by molar-refractivity contribution is -0.132. The monoisotopic (exact) mass is 390 g/mol. The minimum Gasteiger partial charge on any atom is -0.496 e. The number of carboxylic acids is 1. The lowest BCUT2D eigenvalue weighted by Gasteiger charge is -2.12. The molecule has 5 nitrogen and oxygen atoms in total. The average Bonchev–Trinajstić information content (AvgIpc) is 2.73. The summed E-state index contributed by atoms with van der Waals surface area (Å²) in [4.78, 5) is 22.9. The topological polar surface area (TPSA) is 72.8 Å². The molecule has 0 saturated heterocycles. The van der Waals surface area contributed by atoms with Gasteiger partial charge in [-0.3, -0.25) is 0 Å². The van der Waals surface area contributed by atoms with Crippen LogP contribution >= 0.6 is 0 Å². The molecule has 0 bridgehead atoms. The Kier molecular flexibility index (Phi) is 5.98. The third-order valence-corrected chi connectivity index (χ3v) is 4.81. The molecule has 0 spiro atoms. The first-order chi connectivity index (χ1) is 13.9. The SMILES string of the molecule is COC(=O)c1ccc(Cc2cccc3ccc(/C=C(\C)C(=O)O)cc23)c(OC)c1. The van der Waals surface area contributed by atoms with E-state index in [1.807, 2.05) is 42.5 Å². The van der Waals surface area contributed by atoms with Crippen LogP contribution in [0.5, 0.6) is 5.75 Å². The van der Waals surface area contributed by atoms with Crippen LogP contribution in [0, 0.1) is 0 Å². The van der Waals surface area contributed by atoms with Gasteiger partial charge in [-0.2, -0.15) is 0 Å². The number of aliphatic carboxylic acids is 1. The van der Waals surface area contributed by atoms with Crippen LogP contribution in [0.2, 0.25) is 0 Å². The fourth-order valence-electron chi connectivity index (χ4n) is 3.25. The zero-order chi connectivity index (χ0) is 21.0. The third-order valence-electron chi connectivity index (χ3n) is 4.81. The largest absolute Gasteiger partial charge is 0.496 e. The molecule has 0 amide bonds. The van der Waals surface area contributed by atoms with Crippen molar-refractivity contribution in [2.45, 2.75) is 13.3 Å². The van der Waals surface area contributed by atoms with Crippen molar-refractivity contribution in [2.24, 2.45) is 0 Å². The second kappa shape index (κ2) is 8.61. The molecule has 3 aromatic carbocycles. The van der Waals surface area contributed by atoms with Crippen molar-refractivity contribution in [3.05, 3.63) is 82.4 Å². The van der Waals surface area contributed by atoms with Crippen LogP contribution < -0.4 is 4.74 Å². The van der Waals surface area contributed by atoms with Gasteiger partial charge in [0.2, 0.25) is 0 Å². The van der Waals surface area contributed by atoms with Gasteiger partial charge in [-0.1, -0.05) is 36.4 Å². The Morgan fingerprint density at radius 2 is 1.79 bits per heavy atom. The predicted molar refractivity (Wildman–Crippen MR) is 112 cm³/mol. The van der Waals surface area contributed by atoms with E-state index in [-0.39, 0.29) is 5.57 Å². The molecular formula is C24H22O5. The smallest absolute Gasteiger partial charge is 0.337 e. The number of ether oxygens (including phenoxy) is 2. The van der Waals surface area contributed by atoms with Crippen LogP contribution in [-0.2, 0) is 16.0 Å². The summed E-state index contributed by atoms with van der Waals surface area (Å²) in [5.41, 5.74) is 3.56. The molecule has 0 saturated carbocycles. The Bertz CT molecular complexity index is 1110. The van der Waals surface area contributed by atoms with Gasteiger partial charge in [-0.15, -0.1) is 0 Å². The standard InChI is InChI=1S/C24H22O5/c1-15(23(25)26)11-16-7-8-17-5-4-6-18(21(17)12-16)13-19-9-10-20(24(27)29-3)14-22(19)28-2/h4-12,14H,13H2,1-3H3,(H,25,26)/b15-11+. The maximum Gasteiger partial charge on any atom is 0.337 e. The fourth-order valence-corrected chi connectivity index (χ4v) is 3.25. The van der Waals surface area contributed by atoms with Crippen LogP contribution in [0.3, 0.4) is 0 Å². The maximum absolute atomic E-state index is 11.8. The molecule has 0 aromatic heterocycles. The first-order valence-corrected chi connectivity index (χ1v) is 9.11.